The number of rotatable bonds is 4. The quantitative estimate of drug-likeness (QED) is 0.473. The summed E-state index contributed by atoms with van der Waals surface area (Å²) in [7, 11) is 0. The first-order valence-electron chi connectivity index (χ1n) is 6.00. The van der Waals surface area contributed by atoms with Crippen molar-refractivity contribution in [3.05, 3.63) is 64.2 Å². The highest BCUT2D eigenvalue weighted by molar-refractivity contribution is 5.96. The highest BCUT2D eigenvalue weighted by Crippen LogP contribution is 2.24. The van der Waals surface area contributed by atoms with Crippen molar-refractivity contribution in [2.24, 2.45) is 0 Å². The molecule has 4 heteroatoms. The van der Waals surface area contributed by atoms with E-state index in [0.29, 0.717) is 12.0 Å². The third-order valence-corrected chi connectivity index (χ3v) is 2.92. The topological polar surface area (TPSA) is 60.2 Å². The molecule has 0 fully saturated rings. The standard InChI is InChI=1S/C15H13NO3/c1-2-15(17)12-8-6-11(7-9-12)13-4-3-5-14(10-13)16(18)19/h3-10H,2H2,1H3. The van der Waals surface area contributed by atoms with Gasteiger partial charge in [-0.05, 0) is 11.1 Å². The number of non-ortho nitro benzene ring substituents is 1. The number of nitrogens with zero attached hydrogens (tertiary/aromatic N) is 1. The first-order valence-corrected chi connectivity index (χ1v) is 6.00. The molecule has 0 aliphatic heterocycles. The Kier molecular flexibility index (Phi) is 3.71. The van der Waals surface area contributed by atoms with Crippen LogP contribution in [0.1, 0.15) is 23.7 Å². The number of hydrogen-bond donors (Lipinski definition) is 0. The number of nitro benzene ring substituents is 1. The lowest BCUT2D eigenvalue weighted by molar-refractivity contribution is -0.384. The van der Waals surface area contributed by atoms with E-state index in [0.717, 1.165) is 11.1 Å². The summed E-state index contributed by atoms with van der Waals surface area (Å²) in [4.78, 5) is 21.8. The molecule has 2 aromatic carbocycles. The smallest absolute Gasteiger partial charge is 0.270 e. The van der Waals surface area contributed by atoms with E-state index in [-0.39, 0.29) is 11.5 Å². The number of ketones is 1. The van der Waals surface area contributed by atoms with Crippen molar-refractivity contribution in [1.29, 1.82) is 0 Å². The predicted molar refractivity (Wildman–Crippen MR) is 73.2 cm³/mol. The second kappa shape index (κ2) is 5.44. The first kappa shape index (κ1) is 13.0. The average Bonchev–Trinajstić information content (AvgIpc) is 2.46. The van der Waals surface area contributed by atoms with Crippen LogP contribution in [0.5, 0.6) is 0 Å². The Balaban J connectivity index is 2.34. The minimum Gasteiger partial charge on any atom is -0.294 e. The molecule has 19 heavy (non-hydrogen) atoms. The van der Waals surface area contributed by atoms with Crippen LogP contribution in [0.25, 0.3) is 11.1 Å². The predicted octanol–water partition coefficient (Wildman–Crippen LogP) is 3.85. The van der Waals surface area contributed by atoms with Gasteiger partial charge in [0.1, 0.15) is 0 Å². The zero-order valence-corrected chi connectivity index (χ0v) is 10.5. The van der Waals surface area contributed by atoms with Crippen molar-refractivity contribution in [3.8, 4) is 11.1 Å². The van der Waals surface area contributed by atoms with Gasteiger partial charge >= 0.3 is 0 Å². The molecule has 0 saturated heterocycles. The lowest BCUT2D eigenvalue weighted by Gasteiger charge is -2.03. The second-order valence-corrected chi connectivity index (χ2v) is 4.16. The molecule has 4 nitrogen and oxygen atoms in total. The van der Waals surface area contributed by atoms with Crippen LogP contribution in [0.4, 0.5) is 5.69 Å². The van der Waals surface area contributed by atoms with E-state index in [1.54, 1.807) is 18.2 Å². The molecule has 0 N–H and O–H groups in total. The molecule has 0 radical (unpaired) electrons. The van der Waals surface area contributed by atoms with Gasteiger partial charge < -0.3 is 0 Å². The Morgan fingerprint density at radius 1 is 1.11 bits per heavy atom. The van der Waals surface area contributed by atoms with Gasteiger partial charge in [-0.2, -0.15) is 0 Å². The van der Waals surface area contributed by atoms with Gasteiger partial charge in [-0.3, -0.25) is 14.9 Å². The number of hydrogen-bond acceptors (Lipinski definition) is 3. The van der Waals surface area contributed by atoms with E-state index in [1.807, 2.05) is 25.1 Å². The van der Waals surface area contributed by atoms with Crippen LogP contribution in [-0.4, -0.2) is 10.7 Å². The Labute approximate surface area is 110 Å². The number of carbonyl (C=O) groups excluding carboxylic acids is 1. The zero-order valence-electron chi connectivity index (χ0n) is 10.5. The highest BCUT2D eigenvalue weighted by atomic mass is 16.6. The van der Waals surface area contributed by atoms with Crippen LogP contribution in [0.3, 0.4) is 0 Å². The minimum atomic E-state index is -0.418. The lowest BCUT2D eigenvalue weighted by atomic mass is 10.0. The lowest BCUT2D eigenvalue weighted by Crippen LogP contribution is -1.95. The van der Waals surface area contributed by atoms with E-state index >= 15 is 0 Å². The maximum atomic E-state index is 11.5. The van der Waals surface area contributed by atoms with E-state index in [1.165, 1.54) is 12.1 Å². The van der Waals surface area contributed by atoms with Crippen LogP contribution in [0.2, 0.25) is 0 Å². The van der Waals surface area contributed by atoms with Crippen molar-refractivity contribution >= 4 is 11.5 Å². The fourth-order valence-electron chi connectivity index (χ4n) is 1.85. The van der Waals surface area contributed by atoms with Gasteiger partial charge in [0.25, 0.3) is 5.69 Å². The Bertz CT molecular complexity index is 618. The second-order valence-electron chi connectivity index (χ2n) is 4.16. The molecule has 0 atom stereocenters. The molecule has 0 spiro atoms. The third-order valence-electron chi connectivity index (χ3n) is 2.92. The summed E-state index contributed by atoms with van der Waals surface area (Å²) < 4.78 is 0. The summed E-state index contributed by atoms with van der Waals surface area (Å²) in [5.74, 6) is 0.0885. The van der Waals surface area contributed by atoms with Crippen LogP contribution < -0.4 is 0 Å². The summed E-state index contributed by atoms with van der Waals surface area (Å²) >= 11 is 0. The Morgan fingerprint density at radius 3 is 2.37 bits per heavy atom. The molecule has 0 aromatic heterocycles. The molecule has 0 aliphatic rings. The van der Waals surface area contributed by atoms with Gasteiger partial charge in [-0.25, -0.2) is 0 Å². The van der Waals surface area contributed by atoms with Gasteiger partial charge in [0.2, 0.25) is 0 Å². The summed E-state index contributed by atoms with van der Waals surface area (Å²) in [6, 6.07) is 13.6. The fraction of sp³-hybridized carbons (Fsp3) is 0.133. The maximum absolute atomic E-state index is 11.5. The van der Waals surface area contributed by atoms with Gasteiger partial charge in [-0.1, -0.05) is 43.3 Å². The molecule has 0 saturated carbocycles. The monoisotopic (exact) mass is 255 g/mol. The molecular formula is C15H13NO3. The summed E-state index contributed by atoms with van der Waals surface area (Å²) in [6.45, 7) is 1.82. The van der Waals surface area contributed by atoms with Crippen LogP contribution in [0, 0.1) is 10.1 Å². The van der Waals surface area contributed by atoms with E-state index in [4.69, 9.17) is 0 Å². The van der Waals surface area contributed by atoms with Crippen molar-refractivity contribution < 1.29 is 9.72 Å². The van der Waals surface area contributed by atoms with Gasteiger partial charge in [0.15, 0.2) is 5.78 Å². The molecule has 96 valence electrons. The largest absolute Gasteiger partial charge is 0.294 e. The average molecular weight is 255 g/mol. The number of Topliss-reactive ketones (excluding diaryl/α,β-unsaturated/α-hetero) is 1. The fourth-order valence-corrected chi connectivity index (χ4v) is 1.85. The molecular weight excluding hydrogens is 242 g/mol. The van der Waals surface area contributed by atoms with Crippen molar-refractivity contribution in [2.75, 3.05) is 0 Å². The minimum absolute atomic E-state index is 0.0613. The molecule has 0 heterocycles. The number of benzene rings is 2. The normalized spacial score (nSPS) is 10.2. The molecule has 0 unspecified atom stereocenters. The zero-order chi connectivity index (χ0) is 13.8. The van der Waals surface area contributed by atoms with Gasteiger partial charge in [-0.15, -0.1) is 0 Å². The van der Waals surface area contributed by atoms with Crippen molar-refractivity contribution in [2.45, 2.75) is 13.3 Å². The summed E-state index contributed by atoms with van der Waals surface area (Å²) in [6.07, 6.45) is 0.468. The SMILES string of the molecule is CCC(=O)c1ccc(-c2cccc([N+](=O)[O-])c2)cc1. The Morgan fingerprint density at radius 2 is 1.79 bits per heavy atom. The van der Waals surface area contributed by atoms with E-state index < -0.39 is 4.92 Å². The first-order chi connectivity index (χ1) is 9.11. The van der Waals surface area contributed by atoms with Gasteiger partial charge in [0, 0.05) is 24.1 Å². The van der Waals surface area contributed by atoms with Crippen LogP contribution in [-0.2, 0) is 0 Å². The highest BCUT2D eigenvalue weighted by Gasteiger charge is 2.08. The van der Waals surface area contributed by atoms with Crippen LogP contribution >= 0.6 is 0 Å². The summed E-state index contributed by atoms with van der Waals surface area (Å²) in [5.41, 5.74) is 2.35. The van der Waals surface area contributed by atoms with Crippen molar-refractivity contribution in [1.82, 2.24) is 0 Å². The molecule has 0 amide bonds. The van der Waals surface area contributed by atoms with E-state index in [2.05, 4.69) is 0 Å². The van der Waals surface area contributed by atoms with Crippen LogP contribution in [0.15, 0.2) is 48.5 Å². The molecule has 0 aliphatic carbocycles. The van der Waals surface area contributed by atoms with Gasteiger partial charge in [0.05, 0.1) is 4.92 Å². The van der Waals surface area contributed by atoms with E-state index in [9.17, 15) is 14.9 Å². The summed E-state index contributed by atoms with van der Waals surface area (Å²) in [5, 5.41) is 10.7. The number of nitro groups is 1. The molecule has 2 aromatic rings. The van der Waals surface area contributed by atoms with Crippen molar-refractivity contribution in [3.63, 3.8) is 0 Å². The third kappa shape index (κ3) is 2.85. The Hall–Kier alpha value is -2.49. The maximum Gasteiger partial charge on any atom is 0.270 e. The molecule has 2 rings (SSSR count). The number of carbonyl (C=O) groups is 1. The molecule has 0 bridgehead atoms.